The monoisotopic (exact) mass is 267 g/mol. The molecule has 5 heteroatoms. The van der Waals surface area contributed by atoms with Crippen LogP contribution in [-0.2, 0) is 0 Å². The van der Waals surface area contributed by atoms with Gasteiger partial charge in [-0.1, -0.05) is 13.8 Å². The fourth-order valence-corrected chi connectivity index (χ4v) is 1.57. The van der Waals surface area contributed by atoms with Crippen LogP contribution in [0, 0.1) is 5.92 Å². The third kappa shape index (κ3) is 6.29. The van der Waals surface area contributed by atoms with Crippen LogP contribution in [0.4, 0.5) is 0 Å². The minimum absolute atomic E-state index is 0.282. The van der Waals surface area contributed by atoms with Gasteiger partial charge in [0.1, 0.15) is 11.9 Å². The maximum absolute atomic E-state index is 9.88. The zero-order valence-corrected chi connectivity index (χ0v) is 12.0. The van der Waals surface area contributed by atoms with Crippen molar-refractivity contribution in [3.63, 3.8) is 0 Å². The molecule has 108 valence electrons. The lowest BCUT2D eigenvalue weighted by Gasteiger charge is -2.13. The first-order chi connectivity index (χ1) is 9.13. The van der Waals surface area contributed by atoms with E-state index in [1.54, 1.807) is 18.4 Å². The standard InChI is InChI=1S/C14H25N3O2/c1-4-15-14(16-8-7-11(2)3)17-10-12(18)13-6-5-9-19-13/h5-6,9,11-12,18H,4,7-8,10H2,1-3H3,(H2,15,16,17). The van der Waals surface area contributed by atoms with Crippen molar-refractivity contribution in [3.05, 3.63) is 24.2 Å². The second kappa shape index (κ2) is 8.58. The summed E-state index contributed by atoms with van der Waals surface area (Å²) in [5.41, 5.74) is 0. The van der Waals surface area contributed by atoms with Gasteiger partial charge in [0, 0.05) is 13.1 Å². The molecular formula is C14H25N3O2. The molecule has 3 N–H and O–H groups in total. The molecule has 1 heterocycles. The van der Waals surface area contributed by atoms with Crippen molar-refractivity contribution < 1.29 is 9.52 Å². The third-order valence-corrected chi connectivity index (χ3v) is 2.65. The quantitative estimate of drug-likeness (QED) is 0.521. The van der Waals surface area contributed by atoms with Crippen molar-refractivity contribution in [1.29, 1.82) is 0 Å². The summed E-state index contributed by atoms with van der Waals surface area (Å²) in [7, 11) is 0. The van der Waals surface area contributed by atoms with Crippen LogP contribution in [0.15, 0.2) is 27.8 Å². The van der Waals surface area contributed by atoms with E-state index in [1.807, 2.05) is 6.92 Å². The molecule has 0 aliphatic rings. The zero-order valence-electron chi connectivity index (χ0n) is 12.0. The Bertz CT molecular complexity index is 361. The normalized spacial score (nSPS) is 13.6. The Balaban J connectivity index is 2.43. The molecular weight excluding hydrogens is 242 g/mol. The fraction of sp³-hybridized carbons (Fsp3) is 0.643. The lowest BCUT2D eigenvalue weighted by Crippen LogP contribution is -2.38. The molecule has 0 aliphatic heterocycles. The molecule has 1 unspecified atom stereocenters. The van der Waals surface area contributed by atoms with E-state index in [2.05, 4.69) is 29.5 Å². The fourth-order valence-electron chi connectivity index (χ4n) is 1.57. The highest BCUT2D eigenvalue weighted by atomic mass is 16.4. The minimum Gasteiger partial charge on any atom is -0.467 e. The van der Waals surface area contributed by atoms with E-state index in [4.69, 9.17) is 4.42 Å². The minimum atomic E-state index is -0.699. The molecule has 0 saturated heterocycles. The summed E-state index contributed by atoms with van der Waals surface area (Å²) in [4.78, 5) is 4.35. The van der Waals surface area contributed by atoms with Gasteiger partial charge in [-0.15, -0.1) is 0 Å². The number of guanidine groups is 1. The molecule has 1 rings (SSSR count). The summed E-state index contributed by atoms with van der Waals surface area (Å²) in [5.74, 6) is 1.93. The van der Waals surface area contributed by atoms with E-state index in [0.29, 0.717) is 11.7 Å². The first-order valence-corrected chi connectivity index (χ1v) is 6.87. The van der Waals surface area contributed by atoms with E-state index in [0.717, 1.165) is 25.5 Å². The summed E-state index contributed by atoms with van der Waals surface area (Å²) in [6, 6.07) is 3.51. The van der Waals surface area contributed by atoms with Gasteiger partial charge in [0.15, 0.2) is 5.96 Å². The molecule has 0 aromatic carbocycles. The molecule has 0 aliphatic carbocycles. The Hall–Kier alpha value is -1.49. The number of nitrogens with zero attached hydrogens (tertiary/aromatic N) is 1. The smallest absolute Gasteiger partial charge is 0.191 e. The summed E-state index contributed by atoms with van der Waals surface area (Å²) in [5, 5.41) is 16.3. The molecule has 0 fully saturated rings. The Labute approximate surface area is 115 Å². The number of hydrogen-bond donors (Lipinski definition) is 3. The van der Waals surface area contributed by atoms with Crippen molar-refractivity contribution in [2.45, 2.75) is 33.3 Å². The number of hydrogen-bond acceptors (Lipinski definition) is 3. The van der Waals surface area contributed by atoms with Crippen LogP contribution in [0.3, 0.4) is 0 Å². The predicted octanol–water partition coefficient (Wildman–Crippen LogP) is 1.91. The molecule has 0 radical (unpaired) electrons. The second-order valence-corrected chi connectivity index (χ2v) is 4.86. The van der Waals surface area contributed by atoms with Crippen molar-refractivity contribution >= 4 is 5.96 Å². The second-order valence-electron chi connectivity index (χ2n) is 4.86. The number of furan rings is 1. The maximum Gasteiger partial charge on any atom is 0.191 e. The summed E-state index contributed by atoms with van der Waals surface area (Å²) in [6.07, 6.45) is 1.94. The first kappa shape index (κ1) is 15.6. The van der Waals surface area contributed by atoms with Crippen LogP contribution in [0.2, 0.25) is 0 Å². The number of aliphatic hydroxyl groups is 1. The van der Waals surface area contributed by atoms with Gasteiger partial charge in [-0.2, -0.15) is 0 Å². The van der Waals surface area contributed by atoms with E-state index >= 15 is 0 Å². The Morgan fingerprint density at radius 2 is 2.21 bits per heavy atom. The molecule has 1 atom stereocenters. The van der Waals surface area contributed by atoms with Crippen LogP contribution in [0.5, 0.6) is 0 Å². The predicted molar refractivity (Wildman–Crippen MR) is 77.1 cm³/mol. The van der Waals surface area contributed by atoms with Gasteiger partial charge in [-0.3, -0.25) is 4.99 Å². The van der Waals surface area contributed by atoms with Crippen molar-refractivity contribution in [1.82, 2.24) is 10.6 Å². The largest absolute Gasteiger partial charge is 0.467 e. The van der Waals surface area contributed by atoms with Gasteiger partial charge in [0.05, 0.1) is 12.8 Å². The summed E-state index contributed by atoms with van der Waals surface area (Å²) < 4.78 is 5.14. The molecule has 5 nitrogen and oxygen atoms in total. The number of aliphatic hydroxyl groups excluding tert-OH is 1. The topological polar surface area (TPSA) is 69.8 Å². The lowest BCUT2D eigenvalue weighted by molar-refractivity contribution is 0.158. The molecule has 1 aromatic rings. The summed E-state index contributed by atoms with van der Waals surface area (Å²) >= 11 is 0. The van der Waals surface area contributed by atoms with Gasteiger partial charge in [-0.05, 0) is 31.4 Å². The highest BCUT2D eigenvalue weighted by molar-refractivity contribution is 5.79. The SMILES string of the molecule is CCNC(=NCC(O)c1ccco1)NCCC(C)C. The lowest BCUT2D eigenvalue weighted by atomic mass is 10.1. The van der Waals surface area contributed by atoms with E-state index < -0.39 is 6.10 Å². The van der Waals surface area contributed by atoms with Gasteiger partial charge in [0.25, 0.3) is 0 Å². The van der Waals surface area contributed by atoms with Crippen molar-refractivity contribution in [3.8, 4) is 0 Å². The molecule has 0 saturated carbocycles. The van der Waals surface area contributed by atoms with E-state index in [1.165, 1.54) is 0 Å². The average Bonchev–Trinajstić information content (AvgIpc) is 2.89. The Kier molecular flexibility index (Phi) is 7.03. The van der Waals surface area contributed by atoms with Gasteiger partial charge < -0.3 is 20.2 Å². The van der Waals surface area contributed by atoms with Crippen LogP contribution in [0.1, 0.15) is 39.1 Å². The molecule has 0 amide bonds. The Morgan fingerprint density at radius 3 is 2.79 bits per heavy atom. The molecule has 0 spiro atoms. The number of rotatable bonds is 7. The number of nitrogens with one attached hydrogen (secondary N) is 2. The highest BCUT2D eigenvalue weighted by Crippen LogP contribution is 2.12. The van der Waals surface area contributed by atoms with Gasteiger partial charge in [-0.25, -0.2) is 0 Å². The highest BCUT2D eigenvalue weighted by Gasteiger charge is 2.09. The van der Waals surface area contributed by atoms with Crippen molar-refractivity contribution in [2.24, 2.45) is 10.9 Å². The van der Waals surface area contributed by atoms with Crippen LogP contribution >= 0.6 is 0 Å². The molecule has 1 aromatic heterocycles. The number of aliphatic imine (C=N–C) groups is 1. The van der Waals surface area contributed by atoms with E-state index in [-0.39, 0.29) is 6.54 Å². The van der Waals surface area contributed by atoms with Crippen LogP contribution in [0.25, 0.3) is 0 Å². The maximum atomic E-state index is 9.88. The van der Waals surface area contributed by atoms with E-state index in [9.17, 15) is 5.11 Å². The zero-order chi connectivity index (χ0) is 14.1. The first-order valence-electron chi connectivity index (χ1n) is 6.87. The van der Waals surface area contributed by atoms with Gasteiger partial charge >= 0.3 is 0 Å². The Morgan fingerprint density at radius 1 is 1.42 bits per heavy atom. The van der Waals surface area contributed by atoms with Gasteiger partial charge in [0.2, 0.25) is 0 Å². The van der Waals surface area contributed by atoms with Crippen LogP contribution in [-0.4, -0.2) is 30.7 Å². The molecule has 19 heavy (non-hydrogen) atoms. The van der Waals surface area contributed by atoms with Crippen molar-refractivity contribution in [2.75, 3.05) is 19.6 Å². The average molecular weight is 267 g/mol. The van der Waals surface area contributed by atoms with Crippen LogP contribution < -0.4 is 10.6 Å². The summed E-state index contributed by atoms with van der Waals surface area (Å²) in [6.45, 7) is 8.34. The third-order valence-electron chi connectivity index (χ3n) is 2.65. The molecule has 0 bridgehead atoms.